The van der Waals surface area contributed by atoms with Crippen LogP contribution in [0.5, 0.6) is 0 Å². The van der Waals surface area contributed by atoms with Gasteiger partial charge in [0, 0.05) is 17.0 Å². The molecule has 4 heteroatoms. The van der Waals surface area contributed by atoms with E-state index in [9.17, 15) is 0 Å². The quantitative estimate of drug-likeness (QED) is 0.718. The van der Waals surface area contributed by atoms with Crippen LogP contribution in [0, 0.1) is 12.8 Å². The summed E-state index contributed by atoms with van der Waals surface area (Å²) in [5.74, 6) is 2.42. The Morgan fingerprint density at radius 2 is 1.71 bits per heavy atom. The third kappa shape index (κ3) is 5.82. The highest BCUT2D eigenvalue weighted by Gasteiger charge is 2.21. The zero-order chi connectivity index (χ0) is 16.2. The van der Waals surface area contributed by atoms with Crippen LogP contribution >= 0.6 is 11.6 Å². The highest BCUT2D eigenvalue weighted by molar-refractivity contribution is 6.30. The van der Waals surface area contributed by atoms with Crippen molar-refractivity contribution >= 4 is 17.4 Å². The van der Waals surface area contributed by atoms with E-state index in [1.807, 2.05) is 6.92 Å². The van der Waals surface area contributed by atoms with Gasteiger partial charge in [0.05, 0.1) is 0 Å². The molecule has 0 aromatic carbocycles. The maximum Gasteiger partial charge on any atom is 0.137 e. The molecule has 1 unspecified atom stereocenters. The van der Waals surface area contributed by atoms with Gasteiger partial charge in [-0.25, -0.2) is 9.97 Å². The molecule has 21 heavy (non-hydrogen) atoms. The van der Waals surface area contributed by atoms with E-state index < -0.39 is 0 Å². The Morgan fingerprint density at radius 1 is 1.10 bits per heavy atom. The Balaban J connectivity index is 2.80. The number of anilines is 1. The van der Waals surface area contributed by atoms with E-state index in [0.717, 1.165) is 29.5 Å². The number of hydrogen-bond donors (Lipinski definition) is 1. The largest absolute Gasteiger partial charge is 0.367 e. The zero-order valence-electron chi connectivity index (χ0n) is 14.5. The molecule has 0 aliphatic rings. The van der Waals surface area contributed by atoms with Crippen LogP contribution in [-0.4, -0.2) is 16.0 Å². The fourth-order valence-corrected chi connectivity index (χ4v) is 2.27. The molecule has 0 saturated heterocycles. The van der Waals surface area contributed by atoms with Gasteiger partial charge in [0.25, 0.3) is 0 Å². The molecule has 0 radical (unpaired) electrons. The topological polar surface area (TPSA) is 37.8 Å². The molecule has 1 rings (SSSR count). The van der Waals surface area contributed by atoms with Crippen molar-refractivity contribution in [3.8, 4) is 0 Å². The Morgan fingerprint density at radius 3 is 2.24 bits per heavy atom. The van der Waals surface area contributed by atoms with Gasteiger partial charge in [-0.1, -0.05) is 59.1 Å². The molecule has 1 aromatic heterocycles. The van der Waals surface area contributed by atoms with Gasteiger partial charge in [-0.15, -0.1) is 0 Å². The lowest BCUT2D eigenvalue weighted by atomic mass is 9.95. The molecule has 0 aliphatic heterocycles. The van der Waals surface area contributed by atoms with Crippen LogP contribution in [0.1, 0.15) is 72.2 Å². The molecule has 1 N–H and O–H groups in total. The van der Waals surface area contributed by atoms with Crippen LogP contribution in [-0.2, 0) is 5.41 Å². The molecule has 1 aromatic rings. The van der Waals surface area contributed by atoms with Crippen molar-refractivity contribution in [2.24, 2.45) is 5.92 Å². The lowest BCUT2D eigenvalue weighted by molar-refractivity contribution is 0.518. The van der Waals surface area contributed by atoms with Crippen molar-refractivity contribution in [2.45, 2.75) is 79.2 Å². The van der Waals surface area contributed by atoms with Gasteiger partial charge >= 0.3 is 0 Å². The molecule has 0 fully saturated rings. The molecular formula is C17H30ClN3. The minimum absolute atomic E-state index is 0.103. The van der Waals surface area contributed by atoms with Crippen molar-refractivity contribution in [3.05, 3.63) is 16.5 Å². The van der Waals surface area contributed by atoms with Crippen LogP contribution in [0.3, 0.4) is 0 Å². The molecule has 0 amide bonds. The van der Waals surface area contributed by atoms with Crippen molar-refractivity contribution in [3.63, 3.8) is 0 Å². The molecule has 1 atom stereocenters. The summed E-state index contributed by atoms with van der Waals surface area (Å²) in [5.41, 5.74) is 0.828. The summed E-state index contributed by atoms with van der Waals surface area (Å²) in [6, 6.07) is 0.390. The van der Waals surface area contributed by atoms with Gasteiger partial charge in [0.1, 0.15) is 16.8 Å². The Bertz CT molecular complexity index is 464. The molecule has 3 nitrogen and oxygen atoms in total. The van der Waals surface area contributed by atoms with Crippen LogP contribution in [0.2, 0.25) is 5.15 Å². The number of rotatable bonds is 6. The van der Waals surface area contributed by atoms with Crippen LogP contribution < -0.4 is 5.32 Å². The van der Waals surface area contributed by atoms with E-state index in [4.69, 9.17) is 11.6 Å². The van der Waals surface area contributed by atoms with Crippen LogP contribution in [0.25, 0.3) is 0 Å². The maximum absolute atomic E-state index is 6.26. The molecule has 0 aliphatic carbocycles. The molecule has 0 saturated carbocycles. The standard InChI is InChI=1S/C17H30ClN3/c1-11(2)9-8-10-12(3)19-15-13(4)14(18)20-16(21-15)17(5,6)7/h11-12H,8-10H2,1-7H3,(H,19,20,21). The number of halogens is 1. The fraction of sp³-hybridized carbons (Fsp3) is 0.765. The highest BCUT2D eigenvalue weighted by Crippen LogP contribution is 2.26. The summed E-state index contributed by atoms with van der Waals surface area (Å²) >= 11 is 6.26. The van der Waals surface area contributed by atoms with Gasteiger partial charge in [-0.05, 0) is 26.2 Å². The monoisotopic (exact) mass is 311 g/mol. The van der Waals surface area contributed by atoms with E-state index in [1.165, 1.54) is 12.8 Å². The van der Waals surface area contributed by atoms with Gasteiger partial charge in [-0.2, -0.15) is 0 Å². The Kier molecular flexibility index (Phi) is 6.45. The van der Waals surface area contributed by atoms with Gasteiger partial charge in [0.15, 0.2) is 0 Å². The predicted octanol–water partition coefficient (Wildman–Crippen LogP) is 5.36. The van der Waals surface area contributed by atoms with E-state index in [0.29, 0.717) is 11.2 Å². The van der Waals surface area contributed by atoms with Crippen LogP contribution in [0.15, 0.2) is 0 Å². The molecular weight excluding hydrogens is 282 g/mol. The average molecular weight is 312 g/mol. The molecule has 0 bridgehead atoms. The van der Waals surface area contributed by atoms with E-state index in [-0.39, 0.29) is 5.41 Å². The SMILES string of the molecule is Cc1c(Cl)nc(C(C)(C)C)nc1NC(C)CCCC(C)C. The van der Waals surface area contributed by atoms with E-state index in [2.05, 4.69) is 56.8 Å². The lowest BCUT2D eigenvalue weighted by Gasteiger charge is -2.21. The van der Waals surface area contributed by atoms with Crippen molar-refractivity contribution < 1.29 is 0 Å². The third-order valence-electron chi connectivity index (χ3n) is 3.56. The lowest BCUT2D eigenvalue weighted by Crippen LogP contribution is -2.21. The van der Waals surface area contributed by atoms with Gasteiger partial charge in [0.2, 0.25) is 0 Å². The first-order valence-electron chi connectivity index (χ1n) is 7.92. The maximum atomic E-state index is 6.26. The summed E-state index contributed by atoms with van der Waals surface area (Å²) in [5, 5.41) is 4.05. The molecule has 1 heterocycles. The van der Waals surface area contributed by atoms with Gasteiger partial charge in [-0.3, -0.25) is 0 Å². The normalized spacial score (nSPS) is 13.6. The number of nitrogens with zero attached hydrogens (tertiary/aromatic N) is 2. The summed E-state index contributed by atoms with van der Waals surface area (Å²) in [4.78, 5) is 9.09. The summed E-state index contributed by atoms with van der Waals surface area (Å²) < 4.78 is 0. The first-order valence-corrected chi connectivity index (χ1v) is 8.30. The molecule has 0 spiro atoms. The Hall–Kier alpha value is -0.830. The summed E-state index contributed by atoms with van der Waals surface area (Å²) in [7, 11) is 0. The smallest absolute Gasteiger partial charge is 0.137 e. The summed E-state index contributed by atoms with van der Waals surface area (Å²) in [6.07, 6.45) is 3.64. The Labute approximate surface area is 134 Å². The fourth-order valence-electron chi connectivity index (χ4n) is 2.10. The predicted molar refractivity (Wildman–Crippen MR) is 92.3 cm³/mol. The van der Waals surface area contributed by atoms with E-state index >= 15 is 0 Å². The van der Waals surface area contributed by atoms with Crippen molar-refractivity contribution in [1.82, 2.24) is 9.97 Å². The van der Waals surface area contributed by atoms with Crippen molar-refractivity contribution in [2.75, 3.05) is 5.32 Å². The van der Waals surface area contributed by atoms with E-state index in [1.54, 1.807) is 0 Å². The first kappa shape index (κ1) is 18.2. The van der Waals surface area contributed by atoms with Crippen molar-refractivity contribution in [1.29, 1.82) is 0 Å². The van der Waals surface area contributed by atoms with Gasteiger partial charge < -0.3 is 5.32 Å². The minimum atomic E-state index is -0.103. The highest BCUT2D eigenvalue weighted by atomic mass is 35.5. The number of hydrogen-bond acceptors (Lipinski definition) is 3. The second-order valence-electron chi connectivity index (χ2n) is 7.43. The first-order chi connectivity index (χ1) is 9.61. The number of nitrogens with one attached hydrogen (secondary N) is 1. The second-order valence-corrected chi connectivity index (χ2v) is 7.79. The van der Waals surface area contributed by atoms with Crippen LogP contribution in [0.4, 0.5) is 5.82 Å². The summed E-state index contributed by atoms with van der Waals surface area (Å²) in [6.45, 7) is 15.0. The average Bonchev–Trinajstić information content (AvgIpc) is 2.32. The zero-order valence-corrected chi connectivity index (χ0v) is 15.3. The third-order valence-corrected chi connectivity index (χ3v) is 3.93. The second kappa shape index (κ2) is 7.44. The number of aromatic nitrogens is 2. The minimum Gasteiger partial charge on any atom is -0.367 e. The molecule has 120 valence electrons.